The highest BCUT2D eigenvalue weighted by atomic mass is 35.5. The minimum Gasteiger partial charge on any atom is -0.495 e. The summed E-state index contributed by atoms with van der Waals surface area (Å²) in [5.74, 6) is 0.324. The van der Waals surface area contributed by atoms with Gasteiger partial charge in [0.1, 0.15) is 22.1 Å². The third-order valence-corrected chi connectivity index (χ3v) is 4.96. The molecule has 2 aromatic carbocycles. The SMILES string of the molecule is COc1cc(NC(=O)c2ccc(OC)c(S(C)(=O)=O)c2)c(OC)cc1Cl. The molecule has 26 heavy (non-hydrogen) atoms. The number of hydrogen-bond acceptors (Lipinski definition) is 6. The number of hydrogen-bond donors (Lipinski definition) is 1. The third-order valence-electron chi connectivity index (χ3n) is 3.55. The highest BCUT2D eigenvalue weighted by molar-refractivity contribution is 7.90. The quantitative estimate of drug-likeness (QED) is 0.802. The molecule has 1 N–H and O–H groups in total. The number of nitrogens with one attached hydrogen (secondary N) is 1. The van der Waals surface area contributed by atoms with E-state index >= 15 is 0 Å². The van der Waals surface area contributed by atoms with Crippen molar-refractivity contribution >= 4 is 33.0 Å². The van der Waals surface area contributed by atoms with Crippen LogP contribution in [0.4, 0.5) is 5.69 Å². The molecule has 0 aliphatic heterocycles. The summed E-state index contributed by atoms with van der Waals surface area (Å²) in [6.45, 7) is 0. The van der Waals surface area contributed by atoms with Crippen LogP contribution in [0.5, 0.6) is 17.2 Å². The standard InChI is InChI=1S/C17H18ClNO6S/c1-23-13-6-5-10(7-16(13)26(4,21)22)17(20)19-12-9-14(24-2)11(18)8-15(12)25-3/h5-9H,1-4H3,(H,19,20). The maximum Gasteiger partial charge on any atom is 0.255 e. The summed E-state index contributed by atoms with van der Waals surface area (Å²) in [6, 6.07) is 7.16. The number of methoxy groups -OCH3 is 3. The predicted molar refractivity (Wildman–Crippen MR) is 98.6 cm³/mol. The van der Waals surface area contributed by atoms with E-state index in [2.05, 4.69) is 5.32 Å². The van der Waals surface area contributed by atoms with Crippen LogP contribution in [0.15, 0.2) is 35.2 Å². The number of anilines is 1. The summed E-state index contributed by atoms with van der Waals surface area (Å²) in [7, 11) is 0.664. The second-order valence-electron chi connectivity index (χ2n) is 5.28. The van der Waals surface area contributed by atoms with Gasteiger partial charge in [0.15, 0.2) is 9.84 Å². The highest BCUT2D eigenvalue weighted by Crippen LogP contribution is 2.36. The van der Waals surface area contributed by atoms with Crippen LogP contribution in [0.25, 0.3) is 0 Å². The largest absolute Gasteiger partial charge is 0.495 e. The molecule has 0 aromatic heterocycles. The Morgan fingerprint density at radius 2 is 1.58 bits per heavy atom. The second kappa shape index (κ2) is 7.84. The summed E-state index contributed by atoms with van der Waals surface area (Å²) >= 11 is 6.04. The number of halogens is 1. The van der Waals surface area contributed by atoms with Gasteiger partial charge in [0.05, 0.1) is 32.0 Å². The molecule has 2 aromatic rings. The van der Waals surface area contributed by atoms with Gasteiger partial charge in [0.2, 0.25) is 0 Å². The van der Waals surface area contributed by atoms with Crippen molar-refractivity contribution in [1.82, 2.24) is 0 Å². The zero-order chi connectivity index (χ0) is 19.5. The molecule has 2 rings (SSSR count). The maximum atomic E-state index is 12.6. The minimum atomic E-state index is -3.57. The van der Waals surface area contributed by atoms with Crippen LogP contribution >= 0.6 is 11.6 Å². The average molecular weight is 400 g/mol. The Bertz CT molecular complexity index is 943. The lowest BCUT2D eigenvalue weighted by Crippen LogP contribution is -2.14. The first-order valence-electron chi connectivity index (χ1n) is 7.32. The summed E-state index contributed by atoms with van der Waals surface area (Å²) in [6.07, 6.45) is 1.04. The highest BCUT2D eigenvalue weighted by Gasteiger charge is 2.19. The molecule has 0 atom stereocenters. The first kappa shape index (κ1) is 19.9. The molecule has 9 heteroatoms. The monoisotopic (exact) mass is 399 g/mol. The summed E-state index contributed by atoms with van der Waals surface area (Å²) in [4.78, 5) is 12.5. The number of benzene rings is 2. The Labute approximate surface area is 156 Å². The van der Waals surface area contributed by atoms with Crippen LogP contribution in [0.2, 0.25) is 5.02 Å². The molecular formula is C17H18ClNO6S. The van der Waals surface area contributed by atoms with Gasteiger partial charge in [0, 0.05) is 24.0 Å². The van der Waals surface area contributed by atoms with E-state index in [-0.39, 0.29) is 16.2 Å². The molecule has 0 saturated heterocycles. The molecule has 0 fully saturated rings. The van der Waals surface area contributed by atoms with Gasteiger partial charge in [0.25, 0.3) is 5.91 Å². The van der Waals surface area contributed by atoms with Crippen LogP contribution in [-0.4, -0.2) is 41.9 Å². The lowest BCUT2D eigenvalue weighted by molar-refractivity contribution is 0.102. The van der Waals surface area contributed by atoms with Gasteiger partial charge in [-0.3, -0.25) is 4.79 Å². The predicted octanol–water partition coefficient (Wildman–Crippen LogP) is 3.02. The number of ether oxygens (including phenoxy) is 3. The van der Waals surface area contributed by atoms with E-state index in [1.54, 1.807) is 0 Å². The van der Waals surface area contributed by atoms with Crippen LogP contribution < -0.4 is 19.5 Å². The Morgan fingerprint density at radius 3 is 2.12 bits per heavy atom. The number of sulfone groups is 1. The number of carbonyl (C=O) groups is 1. The van der Waals surface area contributed by atoms with E-state index < -0.39 is 15.7 Å². The van der Waals surface area contributed by atoms with Gasteiger partial charge in [-0.15, -0.1) is 0 Å². The van der Waals surface area contributed by atoms with Gasteiger partial charge in [-0.05, 0) is 18.2 Å². The van der Waals surface area contributed by atoms with Gasteiger partial charge < -0.3 is 19.5 Å². The molecular weight excluding hydrogens is 382 g/mol. The molecule has 0 aliphatic carbocycles. The van der Waals surface area contributed by atoms with Crippen molar-refractivity contribution in [3.8, 4) is 17.2 Å². The van der Waals surface area contributed by atoms with E-state index in [9.17, 15) is 13.2 Å². The van der Waals surface area contributed by atoms with E-state index in [4.69, 9.17) is 25.8 Å². The zero-order valence-corrected chi connectivity index (χ0v) is 16.2. The summed E-state index contributed by atoms with van der Waals surface area (Å²) < 4.78 is 39.2. The van der Waals surface area contributed by atoms with E-state index in [1.165, 1.54) is 51.7 Å². The second-order valence-corrected chi connectivity index (χ2v) is 7.67. The fourth-order valence-electron chi connectivity index (χ4n) is 2.26. The van der Waals surface area contributed by atoms with Crippen molar-refractivity contribution in [2.24, 2.45) is 0 Å². The normalized spacial score (nSPS) is 11.0. The number of amides is 1. The zero-order valence-electron chi connectivity index (χ0n) is 14.6. The smallest absolute Gasteiger partial charge is 0.255 e. The molecule has 1 amide bonds. The first-order valence-corrected chi connectivity index (χ1v) is 9.59. The van der Waals surface area contributed by atoms with Crippen LogP contribution in [0.1, 0.15) is 10.4 Å². The van der Waals surface area contributed by atoms with Gasteiger partial charge in [-0.25, -0.2) is 8.42 Å². The third kappa shape index (κ3) is 4.20. The van der Waals surface area contributed by atoms with Crippen LogP contribution in [0, 0.1) is 0 Å². The van der Waals surface area contributed by atoms with Crippen molar-refractivity contribution < 1.29 is 27.4 Å². The van der Waals surface area contributed by atoms with Gasteiger partial charge in [-0.1, -0.05) is 11.6 Å². The van der Waals surface area contributed by atoms with Crippen molar-refractivity contribution in [2.75, 3.05) is 32.9 Å². The Morgan fingerprint density at radius 1 is 0.962 bits per heavy atom. The lowest BCUT2D eigenvalue weighted by Gasteiger charge is -2.14. The maximum absolute atomic E-state index is 12.6. The van der Waals surface area contributed by atoms with Gasteiger partial charge in [-0.2, -0.15) is 0 Å². The summed E-state index contributed by atoms with van der Waals surface area (Å²) in [5.41, 5.74) is 0.470. The Balaban J connectivity index is 2.42. The minimum absolute atomic E-state index is 0.0756. The Kier molecular flexibility index (Phi) is 5.99. The molecule has 0 saturated carbocycles. The molecule has 0 spiro atoms. The fraction of sp³-hybridized carbons (Fsp3) is 0.235. The fourth-order valence-corrected chi connectivity index (χ4v) is 3.35. The van der Waals surface area contributed by atoms with Crippen molar-refractivity contribution in [2.45, 2.75) is 4.90 Å². The molecule has 0 radical (unpaired) electrons. The van der Waals surface area contributed by atoms with Gasteiger partial charge >= 0.3 is 0 Å². The van der Waals surface area contributed by atoms with E-state index in [0.717, 1.165) is 6.26 Å². The lowest BCUT2D eigenvalue weighted by atomic mass is 10.2. The molecule has 0 unspecified atom stereocenters. The van der Waals surface area contributed by atoms with E-state index in [1.807, 2.05) is 0 Å². The number of carbonyl (C=O) groups excluding carboxylic acids is 1. The summed E-state index contributed by atoms with van der Waals surface area (Å²) in [5, 5.41) is 2.98. The van der Waals surface area contributed by atoms with Crippen LogP contribution in [0.3, 0.4) is 0 Å². The van der Waals surface area contributed by atoms with Crippen LogP contribution in [-0.2, 0) is 9.84 Å². The van der Waals surface area contributed by atoms with Crippen molar-refractivity contribution in [1.29, 1.82) is 0 Å². The number of rotatable bonds is 6. The molecule has 0 bridgehead atoms. The average Bonchev–Trinajstić information content (AvgIpc) is 2.61. The molecule has 0 aliphatic rings. The molecule has 140 valence electrons. The van der Waals surface area contributed by atoms with Crippen molar-refractivity contribution in [3.63, 3.8) is 0 Å². The molecule has 7 nitrogen and oxygen atoms in total. The Hall–Kier alpha value is -2.45. The molecule has 0 heterocycles. The topological polar surface area (TPSA) is 90.9 Å². The van der Waals surface area contributed by atoms with Crippen molar-refractivity contribution in [3.05, 3.63) is 40.9 Å². The van der Waals surface area contributed by atoms with E-state index in [0.29, 0.717) is 22.2 Å². The first-order chi connectivity index (χ1) is 12.2.